The van der Waals surface area contributed by atoms with Crippen molar-refractivity contribution in [1.29, 1.82) is 0 Å². The summed E-state index contributed by atoms with van der Waals surface area (Å²) in [5.41, 5.74) is 9.36. The van der Waals surface area contributed by atoms with Crippen molar-refractivity contribution in [3.8, 4) is 5.75 Å². The fourth-order valence-corrected chi connectivity index (χ4v) is 2.58. The van der Waals surface area contributed by atoms with Gasteiger partial charge in [0.05, 0.1) is 6.61 Å². The van der Waals surface area contributed by atoms with E-state index in [-0.39, 0.29) is 0 Å². The van der Waals surface area contributed by atoms with E-state index >= 15 is 0 Å². The Kier molecular flexibility index (Phi) is 37.6. The Morgan fingerprint density at radius 1 is 1.14 bits per heavy atom. The molecule has 1 aromatic carbocycles. The summed E-state index contributed by atoms with van der Waals surface area (Å²) < 4.78 is 4.72. The molecule has 1 heterocycles. The fraction of sp³-hybridized carbons (Fsp3) is 0.586. The van der Waals surface area contributed by atoms with E-state index in [9.17, 15) is 0 Å². The first-order valence-electron chi connectivity index (χ1n) is 12.9. The summed E-state index contributed by atoms with van der Waals surface area (Å²) >= 11 is 0. The number of hydrogen-bond acceptors (Lipinski definition) is 7. The van der Waals surface area contributed by atoms with Crippen molar-refractivity contribution in [3.05, 3.63) is 53.3 Å². The molecule has 0 aliphatic carbocycles. The van der Waals surface area contributed by atoms with Gasteiger partial charge in [-0.15, -0.1) is 0 Å². The first kappa shape index (κ1) is 41.6. The number of benzene rings is 1. The van der Waals surface area contributed by atoms with Gasteiger partial charge in [-0.2, -0.15) is 0 Å². The Labute approximate surface area is 227 Å². The molecule has 37 heavy (non-hydrogen) atoms. The Hall–Kier alpha value is -2.52. The van der Waals surface area contributed by atoms with E-state index in [4.69, 9.17) is 30.5 Å². The highest BCUT2D eigenvalue weighted by molar-refractivity contribution is 5.94. The Balaban J connectivity index is -0.000000236. The van der Waals surface area contributed by atoms with Gasteiger partial charge in [0.2, 0.25) is 0 Å². The summed E-state index contributed by atoms with van der Waals surface area (Å²) in [5.74, 6) is 1.41. The lowest BCUT2D eigenvalue weighted by atomic mass is 10.2. The van der Waals surface area contributed by atoms with Crippen LogP contribution >= 0.6 is 0 Å². The van der Waals surface area contributed by atoms with Crippen molar-refractivity contribution in [3.63, 3.8) is 0 Å². The van der Waals surface area contributed by atoms with Crippen molar-refractivity contribution in [2.24, 2.45) is 10.7 Å². The predicted octanol–water partition coefficient (Wildman–Crippen LogP) is 4.78. The van der Waals surface area contributed by atoms with E-state index in [1.807, 2.05) is 33.8 Å². The highest BCUT2D eigenvalue weighted by Crippen LogP contribution is 2.14. The van der Waals surface area contributed by atoms with Crippen LogP contribution in [0.5, 0.6) is 5.75 Å². The van der Waals surface area contributed by atoms with Crippen LogP contribution in [0.3, 0.4) is 0 Å². The molecule has 0 saturated carbocycles. The normalized spacial score (nSPS) is 12.9. The summed E-state index contributed by atoms with van der Waals surface area (Å²) in [4.78, 5) is 15.2. The van der Waals surface area contributed by atoms with Crippen LogP contribution in [-0.4, -0.2) is 81.8 Å². The molecular weight excluding hydrogens is 468 g/mol. The molecule has 0 amide bonds. The van der Waals surface area contributed by atoms with Crippen molar-refractivity contribution in [1.82, 2.24) is 10.2 Å². The highest BCUT2D eigenvalue weighted by Gasteiger charge is 2.15. The number of rotatable bonds is 7. The molecule has 1 aliphatic rings. The third-order valence-corrected chi connectivity index (χ3v) is 4.87. The largest absolute Gasteiger partial charge is 0.508 e. The van der Waals surface area contributed by atoms with Gasteiger partial charge in [0.15, 0.2) is 0 Å². The number of methoxy groups -OCH3 is 1. The number of nitrogens with zero attached hydrogens (tertiary/aromatic N) is 2. The highest BCUT2D eigenvalue weighted by atomic mass is 16.5. The number of amidine groups is 1. The van der Waals surface area contributed by atoms with Crippen molar-refractivity contribution in [2.45, 2.75) is 60.8 Å². The lowest BCUT2D eigenvalue weighted by Crippen LogP contribution is -2.27. The molecule has 1 fully saturated rings. The van der Waals surface area contributed by atoms with Gasteiger partial charge in [-0.3, -0.25) is 0 Å². The van der Waals surface area contributed by atoms with Gasteiger partial charge in [-0.05, 0) is 65.3 Å². The first-order chi connectivity index (χ1) is 17.9. The Morgan fingerprint density at radius 2 is 1.65 bits per heavy atom. The van der Waals surface area contributed by atoms with Gasteiger partial charge in [-0.1, -0.05) is 50.1 Å². The maximum absolute atomic E-state index is 8.63. The number of likely N-dealkylation sites (N-methyl/N-ethyl adjacent to an activating group) is 1. The number of likely N-dealkylation sites (tertiary alicyclic amines) is 1. The fourth-order valence-electron chi connectivity index (χ4n) is 2.58. The van der Waals surface area contributed by atoms with E-state index in [1.54, 1.807) is 31.4 Å². The number of nitrogens with one attached hydrogen (secondary N) is 1. The monoisotopic (exact) mass is 524 g/mol. The van der Waals surface area contributed by atoms with Crippen LogP contribution in [-0.2, 0) is 9.53 Å². The summed E-state index contributed by atoms with van der Waals surface area (Å²) in [5, 5.41) is 18.6. The van der Waals surface area contributed by atoms with Crippen LogP contribution in [0.1, 0.15) is 60.8 Å². The lowest BCUT2D eigenvalue weighted by Gasteiger charge is -2.18. The number of nitrogens with two attached hydrogens (primary N) is 1. The number of carbonyl (C=O) groups excluding carboxylic acids is 1. The van der Waals surface area contributed by atoms with Gasteiger partial charge in [0, 0.05) is 46.1 Å². The predicted molar refractivity (Wildman–Crippen MR) is 160 cm³/mol. The summed E-state index contributed by atoms with van der Waals surface area (Å²) in [6, 6.07) is 8.71. The first-order valence-corrected chi connectivity index (χ1v) is 12.9. The van der Waals surface area contributed by atoms with E-state index in [2.05, 4.69) is 44.0 Å². The standard InChI is InChI=1S/C15H27N3.C6H6O.C4H11NO.C2H6.CH4O.CH2O/c1-5-13(3)14(4)17-15(10-12(2)11-16)18-8-6-7-9-18;7-6-4-2-1-3-5-6;1-5-3-4-6-2;3*1-2/h10H,5-9,11,16H2,1-4H3;1-5,7H;5H,3-4H2,1-2H3;1-2H3;2H,1H3;1H2/b12-10+,14-13?,17-15?;;;;;. The SMILES string of the molecule is C=O.CC.CCC(C)=C(C)N=C(/C=C(\C)CN)N1CCCC1.CNCCOC.CO.Oc1ccccc1. The van der Waals surface area contributed by atoms with Crippen molar-refractivity contribution >= 4 is 12.6 Å². The third-order valence-electron chi connectivity index (χ3n) is 4.87. The second kappa shape index (κ2) is 33.5. The minimum atomic E-state index is 0.322. The van der Waals surface area contributed by atoms with Crippen LogP contribution in [0, 0.1) is 0 Å². The molecule has 0 unspecified atom stereocenters. The van der Waals surface area contributed by atoms with Gasteiger partial charge < -0.3 is 35.7 Å². The Bertz CT molecular complexity index is 682. The number of aliphatic hydroxyl groups excluding tert-OH is 1. The molecule has 216 valence electrons. The van der Waals surface area contributed by atoms with Crippen LogP contribution < -0.4 is 11.1 Å². The molecule has 8 heteroatoms. The molecule has 1 aliphatic heterocycles. The minimum Gasteiger partial charge on any atom is -0.508 e. The number of phenols is 1. The molecule has 0 spiro atoms. The van der Waals surface area contributed by atoms with Gasteiger partial charge in [-0.25, -0.2) is 4.99 Å². The molecule has 0 aromatic heterocycles. The number of para-hydroxylation sites is 1. The lowest BCUT2D eigenvalue weighted by molar-refractivity contribution is -0.0980. The maximum Gasteiger partial charge on any atom is 0.128 e. The quantitative estimate of drug-likeness (QED) is 0.230. The minimum absolute atomic E-state index is 0.322. The van der Waals surface area contributed by atoms with E-state index in [0.29, 0.717) is 12.3 Å². The number of allylic oxidation sites excluding steroid dienone is 2. The summed E-state index contributed by atoms with van der Waals surface area (Å²) in [6.45, 7) is 19.1. The summed E-state index contributed by atoms with van der Waals surface area (Å²) in [6.07, 6.45) is 5.73. The van der Waals surface area contributed by atoms with Crippen LogP contribution in [0.15, 0.2) is 58.2 Å². The van der Waals surface area contributed by atoms with Crippen molar-refractivity contribution < 1.29 is 19.7 Å². The average molecular weight is 525 g/mol. The molecule has 8 nitrogen and oxygen atoms in total. The zero-order valence-corrected chi connectivity index (χ0v) is 25.0. The number of aliphatic hydroxyl groups is 1. The number of phenolic OH excluding ortho intramolecular Hbond substituents is 1. The van der Waals surface area contributed by atoms with E-state index in [1.165, 1.54) is 24.0 Å². The van der Waals surface area contributed by atoms with Gasteiger partial charge in [0.1, 0.15) is 18.4 Å². The van der Waals surface area contributed by atoms with Gasteiger partial charge >= 0.3 is 0 Å². The average Bonchev–Trinajstić information content (AvgIpc) is 3.50. The third kappa shape index (κ3) is 26.4. The number of ether oxygens (including phenoxy) is 1. The van der Waals surface area contributed by atoms with Crippen molar-refractivity contribution in [2.75, 3.05) is 54.1 Å². The number of carbonyl (C=O) groups is 1. The van der Waals surface area contributed by atoms with E-state index < -0.39 is 0 Å². The smallest absolute Gasteiger partial charge is 0.128 e. The Morgan fingerprint density at radius 3 is 1.97 bits per heavy atom. The molecule has 2 rings (SSSR count). The summed E-state index contributed by atoms with van der Waals surface area (Å²) in [7, 11) is 4.59. The van der Waals surface area contributed by atoms with Gasteiger partial charge in [0.25, 0.3) is 0 Å². The molecule has 5 N–H and O–H groups in total. The van der Waals surface area contributed by atoms with Crippen LogP contribution in [0.2, 0.25) is 0 Å². The zero-order valence-electron chi connectivity index (χ0n) is 25.0. The van der Waals surface area contributed by atoms with Crippen LogP contribution in [0.25, 0.3) is 0 Å². The van der Waals surface area contributed by atoms with E-state index in [0.717, 1.165) is 51.3 Å². The van der Waals surface area contributed by atoms with Crippen LogP contribution in [0.4, 0.5) is 0 Å². The molecule has 1 saturated heterocycles. The molecular formula is C29H56N4O4. The molecule has 0 bridgehead atoms. The molecule has 1 aromatic rings. The number of aromatic hydroxyl groups is 1. The molecule has 0 atom stereocenters. The number of hydrogen-bond donors (Lipinski definition) is 4. The zero-order chi connectivity index (χ0) is 29.5. The second-order valence-corrected chi connectivity index (χ2v) is 7.51. The molecule has 0 radical (unpaired) electrons. The number of aliphatic imine (C=N–C) groups is 1. The topological polar surface area (TPSA) is 120 Å². The second-order valence-electron chi connectivity index (χ2n) is 7.51. The maximum atomic E-state index is 8.63.